The van der Waals surface area contributed by atoms with E-state index in [0.717, 1.165) is 5.82 Å². The van der Waals surface area contributed by atoms with E-state index in [9.17, 15) is 9.50 Å². The molecule has 0 saturated carbocycles. The Morgan fingerprint density at radius 3 is 2.71 bits per heavy atom. The third-order valence-electron chi connectivity index (χ3n) is 3.82. The second kappa shape index (κ2) is 6.16. The number of aliphatic hydroxyl groups excluding tert-OH is 1. The number of nitrogens with zero attached hydrogens (tertiary/aromatic N) is 5. The number of aliphatic hydroxyl groups is 1. The Kier molecular flexibility index (Phi) is 4.19. The van der Waals surface area contributed by atoms with Gasteiger partial charge in [0, 0.05) is 31.2 Å². The van der Waals surface area contributed by atoms with Crippen LogP contribution in [0.5, 0.6) is 0 Å². The van der Waals surface area contributed by atoms with Gasteiger partial charge in [-0.05, 0) is 24.3 Å². The molecule has 0 saturated heterocycles. The van der Waals surface area contributed by atoms with Crippen LogP contribution in [-0.2, 0) is 0 Å². The lowest BCUT2D eigenvalue weighted by molar-refractivity contribution is 0.165. The topological polar surface area (TPSA) is 66.5 Å². The minimum absolute atomic E-state index is 0.0841. The summed E-state index contributed by atoms with van der Waals surface area (Å²) in [7, 11) is 1.91. The summed E-state index contributed by atoms with van der Waals surface area (Å²) in [5.74, 6) is 0.880. The first-order valence-corrected chi connectivity index (χ1v) is 7.70. The number of aromatic nitrogens is 4. The van der Waals surface area contributed by atoms with E-state index >= 15 is 0 Å². The van der Waals surface area contributed by atoms with Crippen molar-refractivity contribution in [1.82, 2.24) is 19.8 Å². The third kappa shape index (κ3) is 3.21. The van der Waals surface area contributed by atoms with Crippen molar-refractivity contribution < 1.29 is 9.50 Å². The van der Waals surface area contributed by atoms with Crippen molar-refractivity contribution in [3.05, 3.63) is 42.2 Å². The molecule has 0 aliphatic heterocycles. The van der Waals surface area contributed by atoms with Crippen molar-refractivity contribution in [1.29, 1.82) is 0 Å². The molecular formula is C17H20FN5O. The number of fused-ring (bicyclic) bond motifs is 1. The number of hydrogen-bond acceptors (Lipinski definition) is 5. The molecule has 0 radical (unpaired) electrons. The van der Waals surface area contributed by atoms with Crippen LogP contribution in [0.4, 0.5) is 10.2 Å². The Morgan fingerprint density at radius 1 is 1.21 bits per heavy atom. The SMILES string of the molecule is CN(CC(C)(C)CO)c1ccc2nnc(-c3cccc(F)c3)n2n1. The van der Waals surface area contributed by atoms with E-state index in [2.05, 4.69) is 15.3 Å². The van der Waals surface area contributed by atoms with Crippen LogP contribution in [0.15, 0.2) is 36.4 Å². The minimum Gasteiger partial charge on any atom is -0.396 e. The fourth-order valence-electron chi connectivity index (χ4n) is 2.56. The molecule has 0 aliphatic carbocycles. The maximum atomic E-state index is 13.5. The maximum absolute atomic E-state index is 13.5. The zero-order valence-electron chi connectivity index (χ0n) is 13.9. The first-order chi connectivity index (χ1) is 11.4. The van der Waals surface area contributed by atoms with Gasteiger partial charge in [-0.25, -0.2) is 4.39 Å². The zero-order chi connectivity index (χ0) is 17.3. The first kappa shape index (κ1) is 16.3. The maximum Gasteiger partial charge on any atom is 0.185 e. The van der Waals surface area contributed by atoms with Crippen LogP contribution in [0.2, 0.25) is 0 Å². The van der Waals surface area contributed by atoms with Crippen molar-refractivity contribution in [3.63, 3.8) is 0 Å². The molecule has 2 heterocycles. The van der Waals surface area contributed by atoms with Crippen LogP contribution in [0.3, 0.4) is 0 Å². The van der Waals surface area contributed by atoms with Gasteiger partial charge in [-0.2, -0.15) is 4.52 Å². The molecule has 6 nitrogen and oxygen atoms in total. The van der Waals surface area contributed by atoms with E-state index in [0.29, 0.717) is 23.6 Å². The molecule has 0 unspecified atom stereocenters. The molecule has 1 N–H and O–H groups in total. The van der Waals surface area contributed by atoms with Gasteiger partial charge in [0.25, 0.3) is 0 Å². The Hall–Kier alpha value is -2.54. The highest BCUT2D eigenvalue weighted by Gasteiger charge is 2.20. The van der Waals surface area contributed by atoms with Crippen LogP contribution >= 0.6 is 0 Å². The van der Waals surface area contributed by atoms with Gasteiger partial charge in [0.05, 0.1) is 0 Å². The molecule has 1 aromatic carbocycles. The Morgan fingerprint density at radius 2 is 2.00 bits per heavy atom. The molecule has 126 valence electrons. The minimum atomic E-state index is -0.331. The smallest absolute Gasteiger partial charge is 0.185 e. The lowest BCUT2D eigenvalue weighted by Crippen LogP contribution is -2.34. The van der Waals surface area contributed by atoms with Gasteiger partial charge in [0.2, 0.25) is 0 Å². The predicted molar refractivity (Wildman–Crippen MR) is 90.3 cm³/mol. The van der Waals surface area contributed by atoms with Gasteiger partial charge in [-0.1, -0.05) is 26.0 Å². The average molecular weight is 329 g/mol. The lowest BCUT2D eigenvalue weighted by atomic mass is 9.94. The second-order valence-corrected chi connectivity index (χ2v) is 6.67. The highest BCUT2D eigenvalue weighted by atomic mass is 19.1. The second-order valence-electron chi connectivity index (χ2n) is 6.67. The van der Waals surface area contributed by atoms with E-state index in [1.807, 2.05) is 37.9 Å². The fraction of sp³-hybridized carbons (Fsp3) is 0.353. The summed E-state index contributed by atoms with van der Waals surface area (Å²) in [4.78, 5) is 1.96. The van der Waals surface area contributed by atoms with E-state index < -0.39 is 0 Å². The zero-order valence-corrected chi connectivity index (χ0v) is 13.9. The Bertz CT molecular complexity index is 861. The molecular weight excluding hydrogens is 309 g/mol. The van der Waals surface area contributed by atoms with Gasteiger partial charge in [-0.15, -0.1) is 15.3 Å². The third-order valence-corrected chi connectivity index (χ3v) is 3.82. The van der Waals surface area contributed by atoms with Crippen molar-refractivity contribution in [2.24, 2.45) is 5.41 Å². The summed E-state index contributed by atoms with van der Waals surface area (Å²) >= 11 is 0. The molecule has 0 bridgehead atoms. The largest absolute Gasteiger partial charge is 0.396 e. The number of hydrogen-bond donors (Lipinski definition) is 1. The average Bonchev–Trinajstić information content (AvgIpc) is 2.97. The quantitative estimate of drug-likeness (QED) is 0.778. The molecule has 0 fully saturated rings. The van der Waals surface area contributed by atoms with Crippen LogP contribution in [0.1, 0.15) is 13.8 Å². The van der Waals surface area contributed by atoms with E-state index in [-0.39, 0.29) is 17.8 Å². The molecule has 24 heavy (non-hydrogen) atoms. The van der Waals surface area contributed by atoms with E-state index in [1.54, 1.807) is 16.6 Å². The first-order valence-electron chi connectivity index (χ1n) is 7.70. The van der Waals surface area contributed by atoms with E-state index in [1.165, 1.54) is 12.1 Å². The van der Waals surface area contributed by atoms with Crippen molar-refractivity contribution in [2.75, 3.05) is 25.1 Å². The molecule has 0 aliphatic rings. The Labute approximate surface area is 139 Å². The molecule has 3 rings (SSSR count). The highest BCUT2D eigenvalue weighted by Crippen LogP contribution is 2.22. The normalized spacial score (nSPS) is 11.9. The number of benzene rings is 1. The lowest BCUT2D eigenvalue weighted by Gasteiger charge is -2.29. The molecule has 0 spiro atoms. The summed E-state index contributed by atoms with van der Waals surface area (Å²) in [6.45, 7) is 4.69. The molecule has 0 atom stereocenters. The number of rotatable bonds is 5. The predicted octanol–water partition coefficient (Wildman–Crippen LogP) is 2.39. The van der Waals surface area contributed by atoms with Crippen LogP contribution in [-0.4, -0.2) is 45.1 Å². The van der Waals surface area contributed by atoms with Gasteiger partial charge < -0.3 is 10.0 Å². The highest BCUT2D eigenvalue weighted by molar-refractivity contribution is 5.59. The molecule has 0 amide bonds. The molecule has 3 aromatic rings. The monoisotopic (exact) mass is 329 g/mol. The molecule has 7 heteroatoms. The fourth-order valence-corrected chi connectivity index (χ4v) is 2.56. The summed E-state index contributed by atoms with van der Waals surface area (Å²) in [6.07, 6.45) is 0. The summed E-state index contributed by atoms with van der Waals surface area (Å²) < 4.78 is 15.1. The van der Waals surface area contributed by atoms with Crippen LogP contribution < -0.4 is 4.90 Å². The number of anilines is 1. The van der Waals surface area contributed by atoms with E-state index in [4.69, 9.17) is 0 Å². The van der Waals surface area contributed by atoms with Gasteiger partial charge in [0.15, 0.2) is 11.5 Å². The summed E-state index contributed by atoms with van der Waals surface area (Å²) in [5, 5.41) is 22.2. The molecule has 2 aromatic heterocycles. The van der Waals surface area contributed by atoms with Gasteiger partial charge in [-0.3, -0.25) is 0 Å². The summed E-state index contributed by atoms with van der Waals surface area (Å²) in [6, 6.07) is 9.87. The van der Waals surface area contributed by atoms with Crippen LogP contribution in [0, 0.1) is 11.2 Å². The van der Waals surface area contributed by atoms with Crippen molar-refractivity contribution >= 4 is 11.5 Å². The van der Waals surface area contributed by atoms with Crippen molar-refractivity contribution in [3.8, 4) is 11.4 Å². The Balaban J connectivity index is 2.00. The van der Waals surface area contributed by atoms with Gasteiger partial charge in [0.1, 0.15) is 11.6 Å². The van der Waals surface area contributed by atoms with Crippen molar-refractivity contribution in [2.45, 2.75) is 13.8 Å². The summed E-state index contributed by atoms with van der Waals surface area (Å²) in [5.41, 5.74) is 0.961. The number of halogens is 1. The van der Waals surface area contributed by atoms with Gasteiger partial charge >= 0.3 is 0 Å². The standard InChI is InChI=1S/C17H20FN5O/c1-17(2,11-24)10-22(3)15-8-7-14-19-20-16(23(14)21-15)12-5-4-6-13(18)9-12/h4-9,24H,10-11H2,1-3H3. The van der Waals surface area contributed by atoms with Crippen LogP contribution in [0.25, 0.3) is 17.0 Å².